The van der Waals surface area contributed by atoms with Crippen molar-refractivity contribution in [1.29, 1.82) is 0 Å². The minimum absolute atomic E-state index is 0. The molecular weight excluding hydrogens is 237 g/mol. The molecule has 0 fully saturated rings. The first-order valence-corrected chi connectivity index (χ1v) is 5.77. The van der Waals surface area contributed by atoms with E-state index in [9.17, 15) is 9.13 Å². The van der Waals surface area contributed by atoms with Crippen LogP contribution < -0.4 is 51.4 Å². The van der Waals surface area contributed by atoms with E-state index in [1.165, 1.54) is 0 Å². The van der Waals surface area contributed by atoms with Crippen molar-refractivity contribution in [1.82, 2.24) is 0 Å². The van der Waals surface area contributed by atoms with E-state index in [1.54, 1.807) is 0 Å². The number of aliphatic hydroxyl groups excluding tert-OH is 1. The van der Waals surface area contributed by atoms with Crippen LogP contribution in [0.4, 0.5) is 0 Å². The average Bonchev–Trinajstić information content (AvgIpc) is 1.56. The molecule has 0 saturated carbocycles. The fraction of sp³-hybridized carbons (Fsp3) is 1.00. The van der Waals surface area contributed by atoms with Crippen LogP contribution in [0.3, 0.4) is 0 Å². The summed E-state index contributed by atoms with van der Waals surface area (Å²) in [5.74, 6) is 0. The van der Waals surface area contributed by atoms with Crippen molar-refractivity contribution in [3.8, 4) is 0 Å². The van der Waals surface area contributed by atoms with Gasteiger partial charge in [-0.05, 0) is 0 Å². The smallest absolute Gasteiger partial charge is 1.00 e. The summed E-state index contributed by atoms with van der Waals surface area (Å²) in [6.45, 7) is -1.24. The van der Waals surface area contributed by atoms with Gasteiger partial charge in [0.05, 0.1) is 6.61 Å². The van der Waals surface area contributed by atoms with Crippen molar-refractivity contribution in [3.05, 3.63) is 0 Å². The first kappa shape index (κ1) is 16.3. The van der Waals surface area contributed by atoms with E-state index in [0.717, 1.165) is 0 Å². The average molecular weight is 246 g/mol. The summed E-state index contributed by atoms with van der Waals surface area (Å²) in [5, 5.41) is 5.92. The predicted molar refractivity (Wildman–Crippen MR) is 36.1 cm³/mol. The zero-order valence-electron chi connectivity index (χ0n) is 7.23. The Morgan fingerprint density at radius 1 is 1.08 bits per heavy atom. The van der Waals surface area contributed by atoms with Crippen molar-refractivity contribution in [2.24, 2.45) is 0 Å². The Bertz CT molecular complexity index is 199. The Kier molecular flexibility index (Phi) is 7.76. The molecule has 0 radical (unpaired) electrons. The van der Waals surface area contributed by atoms with Crippen LogP contribution in [-0.2, 0) is 9.13 Å². The summed E-state index contributed by atoms with van der Waals surface area (Å²) < 4.78 is 20.5. The van der Waals surface area contributed by atoms with Gasteiger partial charge >= 0.3 is 66.6 Å². The van der Waals surface area contributed by atoms with Crippen molar-refractivity contribution in [2.75, 3.05) is 6.61 Å². The first-order chi connectivity index (χ1) is 4.69. The van der Waals surface area contributed by atoms with Gasteiger partial charge in [0.25, 0.3) is 0 Å². The third-order valence-corrected chi connectivity index (χ3v) is 4.62. The van der Waals surface area contributed by atoms with Crippen molar-refractivity contribution in [2.45, 2.75) is 5.40 Å². The minimum Gasteiger partial charge on any atom is -1.00 e. The minimum atomic E-state index is -4.91. The molecule has 0 saturated heterocycles. The molecule has 0 amide bonds. The Hall–Kier alpha value is 1.90. The summed E-state index contributed by atoms with van der Waals surface area (Å²) in [6, 6.07) is 0. The molecule has 0 atom stereocenters. The molecule has 0 aliphatic heterocycles. The topological polar surface area (TPSA) is 135 Å². The van der Waals surface area contributed by atoms with Gasteiger partial charge in [0.15, 0.2) is 5.40 Å². The van der Waals surface area contributed by atoms with Crippen LogP contribution in [0.25, 0.3) is 0 Å². The molecule has 0 unspecified atom stereocenters. The molecule has 12 heavy (non-hydrogen) atoms. The van der Waals surface area contributed by atoms with E-state index >= 15 is 0 Å². The SMILES string of the molecule is O=P(O)(O)C(CO)P(=O)(O)O.[H-].[K+]. The summed E-state index contributed by atoms with van der Waals surface area (Å²) >= 11 is 0. The van der Waals surface area contributed by atoms with Crippen molar-refractivity contribution >= 4 is 15.2 Å². The van der Waals surface area contributed by atoms with Gasteiger partial charge in [-0.1, -0.05) is 0 Å². The number of aliphatic hydroxyl groups is 1. The number of hydrogen-bond acceptors (Lipinski definition) is 3. The summed E-state index contributed by atoms with van der Waals surface area (Å²) in [4.78, 5) is 33.1. The van der Waals surface area contributed by atoms with E-state index in [1.807, 2.05) is 0 Å². The monoisotopic (exact) mass is 246 g/mol. The molecule has 0 aromatic heterocycles. The molecule has 0 bridgehead atoms. The van der Waals surface area contributed by atoms with Crippen LogP contribution in [0.15, 0.2) is 0 Å². The maximum Gasteiger partial charge on any atom is 1.00 e. The van der Waals surface area contributed by atoms with E-state index < -0.39 is 27.2 Å². The molecule has 0 aromatic carbocycles. The molecular formula is C2H9KO7P2. The molecule has 10 heteroatoms. The summed E-state index contributed by atoms with van der Waals surface area (Å²) in [5.41, 5.74) is 0. The van der Waals surface area contributed by atoms with Gasteiger partial charge in [0.1, 0.15) is 0 Å². The van der Waals surface area contributed by atoms with Crippen LogP contribution in [0, 0.1) is 0 Å². The second-order valence-electron chi connectivity index (χ2n) is 1.84. The van der Waals surface area contributed by atoms with Crippen LogP contribution in [0.5, 0.6) is 0 Å². The quantitative estimate of drug-likeness (QED) is 0.251. The molecule has 0 aliphatic rings. The Morgan fingerprint density at radius 2 is 1.33 bits per heavy atom. The third kappa shape index (κ3) is 5.59. The molecule has 5 N–H and O–H groups in total. The van der Waals surface area contributed by atoms with E-state index in [-0.39, 0.29) is 52.8 Å². The van der Waals surface area contributed by atoms with Gasteiger partial charge in [-0.2, -0.15) is 0 Å². The maximum atomic E-state index is 10.3. The first-order valence-electron chi connectivity index (χ1n) is 2.41. The molecule has 0 rings (SSSR count). The van der Waals surface area contributed by atoms with Gasteiger partial charge in [0.2, 0.25) is 0 Å². The number of hydrogen-bond donors (Lipinski definition) is 5. The van der Waals surface area contributed by atoms with Crippen molar-refractivity contribution < 1.29 is 86.6 Å². The standard InChI is InChI=1S/C2H8O7P2.K.H/c3-1-2(10(4,5)6)11(7,8)9;;/h2-3H,1H2,(H2,4,5,6)(H2,7,8,9);;/q;+1;-1. The Labute approximate surface area is 112 Å². The molecule has 0 aromatic rings. The molecule has 0 aliphatic carbocycles. The maximum absolute atomic E-state index is 10.3. The van der Waals surface area contributed by atoms with Gasteiger partial charge in [-0.3, -0.25) is 9.13 Å². The Morgan fingerprint density at radius 3 is 1.33 bits per heavy atom. The molecule has 0 heterocycles. The second kappa shape index (κ2) is 5.70. The summed E-state index contributed by atoms with van der Waals surface area (Å²) in [7, 11) is -9.82. The van der Waals surface area contributed by atoms with E-state index in [0.29, 0.717) is 0 Å². The van der Waals surface area contributed by atoms with E-state index in [4.69, 9.17) is 24.7 Å². The van der Waals surface area contributed by atoms with Gasteiger partial charge < -0.3 is 26.1 Å². The zero-order chi connectivity index (χ0) is 9.28. The largest absolute Gasteiger partial charge is 1.00 e. The molecule has 0 spiro atoms. The third-order valence-electron chi connectivity index (χ3n) is 0.940. The second-order valence-corrected chi connectivity index (χ2v) is 5.85. The zero-order valence-corrected chi connectivity index (χ0v) is 11.1. The van der Waals surface area contributed by atoms with Crippen LogP contribution >= 0.6 is 15.2 Å². The fourth-order valence-corrected chi connectivity index (χ4v) is 2.40. The van der Waals surface area contributed by atoms with Crippen LogP contribution in [0.2, 0.25) is 0 Å². The normalized spacial score (nSPS) is 12.8. The number of rotatable bonds is 3. The molecule has 70 valence electrons. The predicted octanol–water partition coefficient (Wildman–Crippen LogP) is -4.22. The molecule has 7 nitrogen and oxygen atoms in total. The van der Waals surface area contributed by atoms with Gasteiger partial charge in [-0.25, -0.2) is 0 Å². The Balaban J connectivity index is -0.000000500. The van der Waals surface area contributed by atoms with Gasteiger partial charge in [0, 0.05) is 0 Å². The van der Waals surface area contributed by atoms with Crippen LogP contribution in [-0.4, -0.2) is 36.7 Å². The fourth-order valence-electron chi connectivity index (χ4n) is 0.409. The summed E-state index contributed by atoms with van der Waals surface area (Å²) in [6.07, 6.45) is 0. The van der Waals surface area contributed by atoms with Gasteiger partial charge in [-0.15, -0.1) is 0 Å². The van der Waals surface area contributed by atoms with Crippen molar-refractivity contribution in [3.63, 3.8) is 0 Å². The van der Waals surface area contributed by atoms with Crippen LogP contribution in [0.1, 0.15) is 1.43 Å². The van der Waals surface area contributed by atoms with E-state index in [2.05, 4.69) is 0 Å².